The molecule has 0 aromatic heterocycles. The smallest absolute Gasteiger partial charge is 0.221 e. The summed E-state index contributed by atoms with van der Waals surface area (Å²) >= 11 is 0. The third kappa shape index (κ3) is 7.35. The van der Waals surface area contributed by atoms with E-state index in [0.29, 0.717) is 19.4 Å². The van der Waals surface area contributed by atoms with E-state index in [9.17, 15) is 4.79 Å². The van der Waals surface area contributed by atoms with Crippen LogP contribution in [0, 0.1) is 11.8 Å². The Hall–Kier alpha value is -1.01. The first-order chi connectivity index (χ1) is 6.20. The van der Waals surface area contributed by atoms with Crippen LogP contribution in [0.5, 0.6) is 0 Å². The Bertz CT molecular complexity index is 203. The molecular weight excluding hydrogens is 164 g/mol. The van der Waals surface area contributed by atoms with Gasteiger partial charge in [0.05, 0.1) is 0 Å². The summed E-state index contributed by atoms with van der Waals surface area (Å²) in [5.41, 5.74) is 5.62. The summed E-state index contributed by atoms with van der Waals surface area (Å²) < 4.78 is 0. The van der Waals surface area contributed by atoms with E-state index in [1.54, 1.807) is 6.92 Å². The van der Waals surface area contributed by atoms with Crippen LogP contribution in [0.25, 0.3) is 0 Å². The standard InChI is InChI=1S/C10H18N2O/c1-3-5-6-7-12-10(13)8-9(11)4-2/h9H,4,6-8,11H2,1-2H3,(H,12,13). The highest BCUT2D eigenvalue weighted by Gasteiger charge is 2.05. The van der Waals surface area contributed by atoms with Gasteiger partial charge in [0.15, 0.2) is 0 Å². The lowest BCUT2D eigenvalue weighted by atomic mass is 10.1. The lowest BCUT2D eigenvalue weighted by Crippen LogP contribution is -2.31. The maximum absolute atomic E-state index is 11.1. The molecule has 0 radical (unpaired) electrons. The Kier molecular flexibility index (Phi) is 7.04. The van der Waals surface area contributed by atoms with Crippen LogP contribution in [0.2, 0.25) is 0 Å². The van der Waals surface area contributed by atoms with Crippen molar-refractivity contribution in [2.24, 2.45) is 5.73 Å². The topological polar surface area (TPSA) is 55.1 Å². The molecule has 0 aromatic rings. The van der Waals surface area contributed by atoms with Crippen molar-refractivity contribution in [1.29, 1.82) is 0 Å². The number of amides is 1. The van der Waals surface area contributed by atoms with Crippen molar-refractivity contribution in [3.63, 3.8) is 0 Å². The maximum atomic E-state index is 11.1. The molecule has 0 aliphatic heterocycles. The van der Waals surface area contributed by atoms with Crippen LogP contribution < -0.4 is 11.1 Å². The minimum absolute atomic E-state index is 0.0164. The predicted octanol–water partition coefficient (Wildman–Crippen LogP) is 0.643. The third-order valence-corrected chi connectivity index (χ3v) is 1.72. The van der Waals surface area contributed by atoms with Gasteiger partial charge in [0, 0.05) is 25.4 Å². The van der Waals surface area contributed by atoms with E-state index in [0.717, 1.165) is 6.42 Å². The van der Waals surface area contributed by atoms with Crippen molar-refractivity contribution >= 4 is 5.91 Å². The van der Waals surface area contributed by atoms with Crippen LogP contribution in [-0.4, -0.2) is 18.5 Å². The van der Waals surface area contributed by atoms with Crippen LogP contribution in [0.4, 0.5) is 0 Å². The molecule has 0 saturated carbocycles. The molecule has 0 aliphatic carbocycles. The second kappa shape index (κ2) is 7.63. The van der Waals surface area contributed by atoms with Crippen LogP contribution in [0.1, 0.15) is 33.1 Å². The SMILES string of the molecule is CC#CCCNC(=O)CC(N)CC. The number of rotatable bonds is 5. The lowest BCUT2D eigenvalue weighted by Gasteiger charge is -2.07. The van der Waals surface area contributed by atoms with E-state index in [4.69, 9.17) is 5.73 Å². The number of carbonyl (C=O) groups excluding carboxylic acids is 1. The molecule has 0 saturated heterocycles. The molecule has 1 unspecified atom stereocenters. The highest BCUT2D eigenvalue weighted by Crippen LogP contribution is 1.92. The molecule has 0 aliphatic rings. The van der Waals surface area contributed by atoms with Crippen LogP contribution in [-0.2, 0) is 4.79 Å². The first kappa shape index (κ1) is 12.0. The zero-order chi connectivity index (χ0) is 10.1. The van der Waals surface area contributed by atoms with Crippen LogP contribution >= 0.6 is 0 Å². The number of hydrogen-bond donors (Lipinski definition) is 2. The molecule has 1 atom stereocenters. The summed E-state index contributed by atoms with van der Waals surface area (Å²) in [4.78, 5) is 11.1. The molecule has 3 nitrogen and oxygen atoms in total. The predicted molar refractivity (Wildman–Crippen MR) is 54.0 cm³/mol. The van der Waals surface area contributed by atoms with Gasteiger partial charge in [-0.3, -0.25) is 4.79 Å². The molecular formula is C10H18N2O. The average molecular weight is 182 g/mol. The summed E-state index contributed by atoms with van der Waals surface area (Å²) in [5, 5.41) is 2.76. The second-order valence-electron chi connectivity index (χ2n) is 2.90. The Morgan fingerprint density at radius 2 is 2.31 bits per heavy atom. The quantitative estimate of drug-likeness (QED) is 0.484. The first-order valence-electron chi connectivity index (χ1n) is 4.62. The molecule has 0 rings (SSSR count). The molecule has 74 valence electrons. The molecule has 0 heterocycles. The van der Waals surface area contributed by atoms with Gasteiger partial charge in [-0.1, -0.05) is 6.92 Å². The van der Waals surface area contributed by atoms with E-state index in [1.165, 1.54) is 0 Å². The summed E-state index contributed by atoms with van der Waals surface area (Å²) in [6.45, 7) is 4.38. The number of hydrogen-bond acceptors (Lipinski definition) is 2. The van der Waals surface area contributed by atoms with Crippen molar-refractivity contribution in [3.05, 3.63) is 0 Å². The fourth-order valence-corrected chi connectivity index (χ4v) is 0.844. The molecule has 3 heteroatoms. The van der Waals surface area contributed by atoms with Gasteiger partial charge in [0.2, 0.25) is 5.91 Å². The summed E-state index contributed by atoms with van der Waals surface area (Å²) in [5.74, 6) is 5.66. The maximum Gasteiger partial charge on any atom is 0.221 e. The van der Waals surface area contributed by atoms with Crippen LogP contribution in [0.15, 0.2) is 0 Å². The fourth-order valence-electron chi connectivity index (χ4n) is 0.844. The second-order valence-corrected chi connectivity index (χ2v) is 2.90. The largest absolute Gasteiger partial charge is 0.355 e. The number of nitrogens with one attached hydrogen (secondary N) is 1. The van der Waals surface area contributed by atoms with Gasteiger partial charge >= 0.3 is 0 Å². The summed E-state index contributed by atoms with van der Waals surface area (Å²) in [6, 6.07) is -0.0164. The normalized spacial score (nSPS) is 11.3. The average Bonchev–Trinajstić information content (AvgIpc) is 2.12. The van der Waals surface area contributed by atoms with Crippen LogP contribution in [0.3, 0.4) is 0 Å². The van der Waals surface area contributed by atoms with Crippen molar-refractivity contribution < 1.29 is 4.79 Å². The van der Waals surface area contributed by atoms with E-state index in [1.807, 2.05) is 6.92 Å². The monoisotopic (exact) mass is 182 g/mol. The molecule has 0 spiro atoms. The summed E-state index contributed by atoms with van der Waals surface area (Å²) in [7, 11) is 0. The minimum atomic E-state index is -0.0164. The van der Waals surface area contributed by atoms with Gasteiger partial charge in [-0.2, -0.15) is 0 Å². The van der Waals surface area contributed by atoms with E-state index in [2.05, 4.69) is 17.2 Å². The fraction of sp³-hybridized carbons (Fsp3) is 0.700. The molecule has 0 fully saturated rings. The van der Waals surface area contributed by atoms with E-state index in [-0.39, 0.29) is 11.9 Å². The van der Waals surface area contributed by atoms with Gasteiger partial charge in [-0.05, 0) is 13.3 Å². The van der Waals surface area contributed by atoms with Gasteiger partial charge in [0.25, 0.3) is 0 Å². The van der Waals surface area contributed by atoms with Crippen molar-refractivity contribution in [3.8, 4) is 11.8 Å². The van der Waals surface area contributed by atoms with Crippen molar-refractivity contribution in [1.82, 2.24) is 5.32 Å². The van der Waals surface area contributed by atoms with Gasteiger partial charge in [0.1, 0.15) is 0 Å². The van der Waals surface area contributed by atoms with E-state index >= 15 is 0 Å². The molecule has 1 amide bonds. The number of nitrogens with two attached hydrogens (primary N) is 1. The third-order valence-electron chi connectivity index (χ3n) is 1.72. The first-order valence-corrected chi connectivity index (χ1v) is 4.62. The lowest BCUT2D eigenvalue weighted by molar-refractivity contribution is -0.121. The Morgan fingerprint density at radius 1 is 1.62 bits per heavy atom. The van der Waals surface area contributed by atoms with Gasteiger partial charge < -0.3 is 11.1 Å². The molecule has 3 N–H and O–H groups in total. The Morgan fingerprint density at radius 3 is 2.85 bits per heavy atom. The zero-order valence-corrected chi connectivity index (χ0v) is 8.39. The molecule has 0 aromatic carbocycles. The van der Waals surface area contributed by atoms with E-state index < -0.39 is 0 Å². The Labute approximate surface area is 80.1 Å². The molecule has 13 heavy (non-hydrogen) atoms. The Balaban J connectivity index is 3.44. The summed E-state index contributed by atoms with van der Waals surface area (Å²) in [6.07, 6.45) is 1.96. The zero-order valence-electron chi connectivity index (χ0n) is 8.39. The highest BCUT2D eigenvalue weighted by molar-refractivity contribution is 5.76. The van der Waals surface area contributed by atoms with Gasteiger partial charge in [-0.15, -0.1) is 11.8 Å². The van der Waals surface area contributed by atoms with Crippen molar-refractivity contribution in [2.75, 3.05) is 6.54 Å². The van der Waals surface area contributed by atoms with Crippen molar-refractivity contribution in [2.45, 2.75) is 39.2 Å². The highest BCUT2D eigenvalue weighted by atomic mass is 16.1. The number of carbonyl (C=O) groups is 1. The molecule has 0 bridgehead atoms. The minimum Gasteiger partial charge on any atom is -0.355 e. The van der Waals surface area contributed by atoms with Gasteiger partial charge in [-0.25, -0.2) is 0 Å².